The number of rotatable bonds is 5. The number of nitrogens with zero attached hydrogens (tertiary/aromatic N) is 4. The molecule has 0 saturated carbocycles. The van der Waals surface area contributed by atoms with Gasteiger partial charge in [-0.3, -0.25) is 4.90 Å². The van der Waals surface area contributed by atoms with Crippen molar-refractivity contribution in [3.05, 3.63) is 35.7 Å². The molecule has 0 aliphatic carbocycles. The summed E-state index contributed by atoms with van der Waals surface area (Å²) in [5.74, 6) is 1.05. The molecule has 2 aromatic rings. The Balaban J connectivity index is 1.68. The smallest absolute Gasteiger partial charge is 0.247 e. The van der Waals surface area contributed by atoms with Gasteiger partial charge in [-0.05, 0) is 57.0 Å². The molecule has 1 saturated heterocycles. The normalized spacial score (nSPS) is 19.6. The van der Waals surface area contributed by atoms with Crippen LogP contribution in [0.15, 0.2) is 28.7 Å². The first-order valence-electron chi connectivity index (χ1n) is 7.90. The lowest BCUT2D eigenvalue weighted by Crippen LogP contribution is -2.31. The summed E-state index contributed by atoms with van der Waals surface area (Å²) in [6.07, 6.45) is 2.71. The average molecular weight is 312 g/mol. The Kier molecular flexibility index (Phi) is 4.70. The van der Waals surface area contributed by atoms with Crippen LogP contribution in [0.4, 0.5) is 0 Å². The highest BCUT2D eigenvalue weighted by molar-refractivity contribution is 5.54. The number of aliphatic hydroxyl groups is 1. The molecule has 120 valence electrons. The molecule has 0 radical (unpaired) electrons. The first kappa shape index (κ1) is 15.7. The summed E-state index contributed by atoms with van der Waals surface area (Å²) in [7, 11) is 0. The summed E-state index contributed by atoms with van der Waals surface area (Å²) in [5, 5.41) is 26.6. The monoisotopic (exact) mass is 312 g/mol. The van der Waals surface area contributed by atoms with Gasteiger partial charge < -0.3 is 9.52 Å². The number of benzene rings is 1. The molecular weight excluding hydrogens is 292 g/mol. The molecule has 1 aliphatic rings. The Morgan fingerprint density at radius 2 is 2.17 bits per heavy atom. The minimum atomic E-state index is -0.294. The van der Waals surface area contributed by atoms with Crippen LogP contribution in [0.1, 0.15) is 37.6 Å². The minimum absolute atomic E-state index is 0.294. The molecule has 3 rings (SSSR count). The van der Waals surface area contributed by atoms with E-state index in [1.54, 1.807) is 12.1 Å². The Hall–Kier alpha value is -2.23. The van der Waals surface area contributed by atoms with Crippen molar-refractivity contribution in [3.63, 3.8) is 0 Å². The van der Waals surface area contributed by atoms with E-state index in [0.29, 0.717) is 29.9 Å². The molecule has 1 aromatic heterocycles. The number of hydrogen-bond acceptors (Lipinski definition) is 6. The lowest BCUT2D eigenvalue weighted by Gasteiger charge is -2.23. The summed E-state index contributed by atoms with van der Waals surface area (Å²) < 4.78 is 5.75. The van der Waals surface area contributed by atoms with E-state index in [0.717, 1.165) is 31.4 Å². The number of hydrogen-bond donors (Lipinski definition) is 1. The average Bonchev–Trinajstić information content (AvgIpc) is 3.18. The van der Waals surface area contributed by atoms with E-state index in [4.69, 9.17) is 9.68 Å². The fraction of sp³-hybridized carbons (Fsp3) is 0.471. The van der Waals surface area contributed by atoms with Gasteiger partial charge in [-0.25, -0.2) is 0 Å². The van der Waals surface area contributed by atoms with Gasteiger partial charge in [0.1, 0.15) is 0 Å². The molecule has 1 fully saturated rings. The topological polar surface area (TPSA) is 86.2 Å². The van der Waals surface area contributed by atoms with Gasteiger partial charge in [0, 0.05) is 11.6 Å². The van der Waals surface area contributed by atoms with Crippen LogP contribution < -0.4 is 0 Å². The maximum absolute atomic E-state index is 9.59. The molecule has 0 spiro atoms. The van der Waals surface area contributed by atoms with Gasteiger partial charge in [0.25, 0.3) is 0 Å². The van der Waals surface area contributed by atoms with Gasteiger partial charge in [0.2, 0.25) is 11.8 Å². The van der Waals surface area contributed by atoms with E-state index < -0.39 is 0 Å². The number of nitriles is 1. The fourth-order valence-corrected chi connectivity index (χ4v) is 3.06. The van der Waals surface area contributed by atoms with Crippen LogP contribution in [0.25, 0.3) is 11.5 Å². The number of aromatic nitrogens is 2. The SMILES string of the molecule is CC(O)CC1CCCN1Cc1nnc(-c2ccc(C#N)cc2)o1. The third kappa shape index (κ3) is 3.76. The van der Waals surface area contributed by atoms with Gasteiger partial charge in [-0.15, -0.1) is 10.2 Å². The van der Waals surface area contributed by atoms with Crippen LogP contribution in [-0.2, 0) is 6.54 Å². The predicted molar refractivity (Wildman–Crippen MR) is 84.2 cm³/mol. The summed E-state index contributed by atoms with van der Waals surface area (Å²) in [4.78, 5) is 2.29. The van der Waals surface area contributed by atoms with E-state index in [2.05, 4.69) is 21.2 Å². The molecule has 1 aliphatic heterocycles. The minimum Gasteiger partial charge on any atom is -0.419 e. The van der Waals surface area contributed by atoms with Crippen LogP contribution in [0, 0.1) is 11.3 Å². The fourth-order valence-electron chi connectivity index (χ4n) is 3.06. The lowest BCUT2D eigenvalue weighted by atomic mass is 10.1. The summed E-state index contributed by atoms with van der Waals surface area (Å²) in [5.41, 5.74) is 1.41. The van der Waals surface area contributed by atoms with Crippen LogP contribution in [-0.4, -0.2) is 38.9 Å². The second kappa shape index (κ2) is 6.90. The molecule has 6 nitrogen and oxygen atoms in total. The van der Waals surface area contributed by atoms with Crippen molar-refractivity contribution in [2.24, 2.45) is 0 Å². The molecule has 2 heterocycles. The molecule has 0 bridgehead atoms. The molecule has 0 amide bonds. The predicted octanol–water partition coefficient (Wildman–Crippen LogP) is 2.34. The molecule has 23 heavy (non-hydrogen) atoms. The molecular formula is C17H20N4O2. The van der Waals surface area contributed by atoms with Gasteiger partial charge in [-0.2, -0.15) is 5.26 Å². The molecule has 1 N–H and O–H groups in total. The van der Waals surface area contributed by atoms with Gasteiger partial charge >= 0.3 is 0 Å². The molecule has 6 heteroatoms. The van der Waals surface area contributed by atoms with Gasteiger partial charge in [0.05, 0.1) is 24.3 Å². The maximum Gasteiger partial charge on any atom is 0.247 e. The van der Waals surface area contributed by atoms with Crippen LogP contribution in [0.2, 0.25) is 0 Å². The van der Waals surface area contributed by atoms with Crippen molar-refractivity contribution in [1.82, 2.24) is 15.1 Å². The largest absolute Gasteiger partial charge is 0.419 e. The first-order chi connectivity index (χ1) is 11.2. The molecule has 2 atom stereocenters. The highest BCUT2D eigenvalue weighted by atomic mass is 16.4. The zero-order valence-corrected chi connectivity index (χ0v) is 13.1. The Bertz CT molecular complexity index is 687. The highest BCUT2D eigenvalue weighted by Crippen LogP contribution is 2.24. The van der Waals surface area contributed by atoms with Crippen molar-refractivity contribution in [2.75, 3.05) is 6.54 Å². The van der Waals surface area contributed by atoms with Gasteiger partial charge in [-0.1, -0.05) is 0 Å². The quantitative estimate of drug-likeness (QED) is 0.912. The van der Waals surface area contributed by atoms with Crippen LogP contribution in [0.5, 0.6) is 0 Å². The van der Waals surface area contributed by atoms with E-state index in [9.17, 15) is 5.11 Å². The van der Waals surface area contributed by atoms with Crippen molar-refractivity contribution < 1.29 is 9.52 Å². The second-order valence-corrected chi connectivity index (χ2v) is 6.04. The Labute approximate surface area is 135 Å². The third-order valence-electron chi connectivity index (χ3n) is 4.18. The van der Waals surface area contributed by atoms with E-state index in [-0.39, 0.29) is 6.10 Å². The third-order valence-corrected chi connectivity index (χ3v) is 4.18. The lowest BCUT2D eigenvalue weighted by molar-refractivity contribution is 0.126. The zero-order valence-electron chi connectivity index (χ0n) is 13.1. The Morgan fingerprint density at radius 1 is 1.39 bits per heavy atom. The standard InChI is InChI=1S/C17H20N4O2/c1-12(22)9-15-3-2-8-21(15)11-16-19-20-17(23-16)14-6-4-13(10-18)5-7-14/h4-7,12,15,22H,2-3,8-9,11H2,1H3. The number of likely N-dealkylation sites (tertiary alicyclic amines) is 1. The highest BCUT2D eigenvalue weighted by Gasteiger charge is 2.27. The molecule has 2 unspecified atom stereocenters. The summed E-state index contributed by atoms with van der Waals surface area (Å²) in [6, 6.07) is 9.54. The molecule has 1 aromatic carbocycles. The Morgan fingerprint density at radius 3 is 2.87 bits per heavy atom. The number of aliphatic hydroxyl groups excluding tert-OH is 1. The summed E-state index contributed by atoms with van der Waals surface area (Å²) >= 11 is 0. The van der Waals surface area contributed by atoms with Crippen molar-refractivity contribution in [3.8, 4) is 17.5 Å². The van der Waals surface area contributed by atoms with E-state index in [1.807, 2.05) is 19.1 Å². The van der Waals surface area contributed by atoms with Crippen LogP contribution >= 0.6 is 0 Å². The van der Waals surface area contributed by atoms with Crippen LogP contribution in [0.3, 0.4) is 0 Å². The van der Waals surface area contributed by atoms with Crippen molar-refractivity contribution in [2.45, 2.75) is 44.9 Å². The van der Waals surface area contributed by atoms with E-state index >= 15 is 0 Å². The van der Waals surface area contributed by atoms with Gasteiger partial charge in [0.15, 0.2) is 0 Å². The second-order valence-electron chi connectivity index (χ2n) is 6.04. The van der Waals surface area contributed by atoms with Crippen molar-refractivity contribution >= 4 is 0 Å². The van der Waals surface area contributed by atoms with Crippen molar-refractivity contribution in [1.29, 1.82) is 5.26 Å². The maximum atomic E-state index is 9.59. The first-order valence-corrected chi connectivity index (χ1v) is 7.90. The van der Waals surface area contributed by atoms with E-state index in [1.165, 1.54) is 0 Å². The zero-order chi connectivity index (χ0) is 16.2. The summed E-state index contributed by atoms with van der Waals surface area (Å²) in [6.45, 7) is 3.43.